The van der Waals surface area contributed by atoms with E-state index in [1.165, 1.54) is 30.4 Å². The highest BCUT2D eigenvalue weighted by molar-refractivity contribution is 7.97. The van der Waals surface area contributed by atoms with Crippen molar-refractivity contribution in [3.05, 3.63) is 21.0 Å². The summed E-state index contributed by atoms with van der Waals surface area (Å²) in [5.41, 5.74) is 0.0496. The summed E-state index contributed by atoms with van der Waals surface area (Å²) in [6, 6.07) is 1.73. The second-order valence-electron chi connectivity index (χ2n) is 2.66. The Morgan fingerprint density at radius 2 is 2.40 bits per heavy atom. The molecule has 4 nitrogen and oxygen atoms in total. The van der Waals surface area contributed by atoms with Crippen LogP contribution < -0.4 is 4.72 Å². The fourth-order valence-electron chi connectivity index (χ4n) is 1.10. The van der Waals surface area contributed by atoms with Crippen LogP contribution in [0.5, 0.6) is 0 Å². The van der Waals surface area contributed by atoms with Gasteiger partial charge in [-0.2, -0.15) is 0 Å². The van der Waals surface area contributed by atoms with E-state index in [1.54, 1.807) is 6.07 Å². The van der Waals surface area contributed by atoms with Crippen LogP contribution >= 0.6 is 34.9 Å². The standard InChI is InChI=1S/C8H6ClNO3S2/c1-13-8(12)5-6(11)7-3(15-10-5)2-4(9)14-7/h2,10-11H,1H3. The van der Waals surface area contributed by atoms with Gasteiger partial charge in [0.1, 0.15) is 0 Å². The van der Waals surface area contributed by atoms with Crippen LogP contribution in [0.25, 0.3) is 5.76 Å². The number of aliphatic hydroxyl groups is 1. The largest absolute Gasteiger partial charge is 0.504 e. The van der Waals surface area contributed by atoms with Gasteiger partial charge in [-0.05, 0) is 18.0 Å². The zero-order valence-electron chi connectivity index (χ0n) is 7.54. The Bertz CT molecular complexity index is 455. The number of aliphatic hydroxyl groups excluding tert-OH is 1. The molecule has 0 radical (unpaired) electrons. The smallest absolute Gasteiger partial charge is 0.358 e. The summed E-state index contributed by atoms with van der Waals surface area (Å²) in [4.78, 5) is 12.6. The summed E-state index contributed by atoms with van der Waals surface area (Å²) in [7, 11) is 1.26. The van der Waals surface area contributed by atoms with Crippen LogP contribution in [0.2, 0.25) is 4.34 Å². The van der Waals surface area contributed by atoms with E-state index in [-0.39, 0.29) is 11.5 Å². The summed E-state index contributed by atoms with van der Waals surface area (Å²) in [5.74, 6) is -0.720. The Kier molecular flexibility index (Phi) is 2.81. The summed E-state index contributed by atoms with van der Waals surface area (Å²) in [6.07, 6.45) is 0. The van der Waals surface area contributed by atoms with Crippen molar-refractivity contribution in [2.45, 2.75) is 4.90 Å². The molecule has 7 heteroatoms. The Balaban J connectivity index is 2.48. The van der Waals surface area contributed by atoms with Gasteiger partial charge in [-0.15, -0.1) is 11.3 Å². The normalized spacial score (nSPS) is 14.5. The average molecular weight is 264 g/mol. The lowest BCUT2D eigenvalue weighted by atomic mass is 10.3. The van der Waals surface area contributed by atoms with Crippen molar-refractivity contribution in [1.82, 2.24) is 4.72 Å². The molecule has 0 spiro atoms. The van der Waals surface area contributed by atoms with Gasteiger partial charge in [0.15, 0.2) is 11.5 Å². The van der Waals surface area contributed by atoms with Crippen molar-refractivity contribution in [2.24, 2.45) is 0 Å². The maximum atomic E-state index is 11.2. The van der Waals surface area contributed by atoms with Crippen molar-refractivity contribution >= 4 is 46.6 Å². The first-order valence-electron chi connectivity index (χ1n) is 3.87. The highest BCUT2D eigenvalue weighted by atomic mass is 35.5. The van der Waals surface area contributed by atoms with Gasteiger partial charge in [-0.25, -0.2) is 4.79 Å². The minimum Gasteiger partial charge on any atom is -0.504 e. The fourth-order valence-corrected chi connectivity index (χ4v) is 3.31. The fraction of sp³-hybridized carbons (Fsp3) is 0.125. The lowest BCUT2D eigenvalue weighted by molar-refractivity contribution is -0.136. The molecule has 0 amide bonds. The van der Waals surface area contributed by atoms with Gasteiger partial charge in [0.05, 0.1) is 21.2 Å². The molecule has 0 fully saturated rings. The Hall–Kier alpha value is -0.850. The van der Waals surface area contributed by atoms with Gasteiger partial charge in [-0.1, -0.05) is 11.6 Å². The van der Waals surface area contributed by atoms with Gasteiger partial charge in [0.25, 0.3) is 0 Å². The molecular formula is C8H6ClNO3S2. The minimum absolute atomic E-state index is 0.0496. The number of carbonyl (C=O) groups is 1. The van der Waals surface area contributed by atoms with E-state index >= 15 is 0 Å². The van der Waals surface area contributed by atoms with Crippen LogP contribution in [0, 0.1) is 0 Å². The maximum absolute atomic E-state index is 11.2. The number of carbonyl (C=O) groups excluding carboxylic acids is 1. The molecule has 80 valence electrons. The number of hydrogen-bond donors (Lipinski definition) is 2. The monoisotopic (exact) mass is 263 g/mol. The molecular weight excluding hydrogens is 258 g/mol. The van der Waals surface area contributed by atoms with Crippen molar-refractivity contribution < 1.29 is 14.6 Å². The molecule has 1 aliphatic rings. The average Bonchev–Trinajstić information content (AvgIpc) is 2.59. The third kappa shape index (κ3) is 1.80. The number of fused-ring (bicyclic) bond motifs is 1. The molecule has 0 saturated heterocycles. The molecule has 0 aliphatic carbocycles. The highest BCUT2D eigenvalue weighted by Gasteiger charge is 2.26. The van der Waals surface area contributed by atoms with Crippen LogP contribution in [-0.2, 0) is 9.53 Å². The molecule has 2 heterocycles. The predicted molar refractivity (Wildman–Crippen MR) is 59.9 cm³/mol. The Labute approximate surface area is 99.0 Å². The summed E-state index contributed by atoms with van der Waals surface area (Å²) < 4.78 is 7.79. The SMILES string of the molecule is COC(=O)C1=C(O)c2sc(Cl)cc2SN1. The van der Waals surface area contributed by atoms with E-state index in [1.807, 2.05) is 0 Å². The van der Waals surface area contributed by atoms with E-state index in [4.69, 9.17) is 11.6 Å². The van der Waals surface area contributed by atoms with Crippen LogP contribution in [0.4, 0.5) is 0 Å². The second-order valence-corrected chi connectivity index (χ2v) is 5.19. The molecule has 0 unspecified atom stereocenters. The first-order chi connectivity index (χ1) is 7.13. The number of halogens is 1. The summed E-state index contributed by atoms with van der Waals surface area (Å²) in [5, 5.41) is 9.79. The predicted octanol–water partition coefficient (Wildman–Crippen LogP) is 2.41. The van der Waals surface area contributed by atoms with E-state index < -0.39 is 5.97 Å². The third-order valence-corrected chi connectivity index (χ3v) is 4.02. The van der Waals surface area contributed by atoms with Crippen molar-refractivity contribution in [1.29, 1.82) is 0 Å². The first kappa shape index (κ1) is 10.7. The topological polar surface area (TPSA) is 58.6 Å². The molecule has 1 aliphatic heterocycles. The molecule has 15 heavy (non-hydrogen) atoms. The number of nitrogens with one attached hydrogen (secondary N) is 1. The van der Waals surface area contributed by atoms with Gasteiger partial charge >= 0.3 is 5.97 Å². The van der Waals surface area contributed by atoms with Gasteiger partial charge in [0.2, 0.25) is 0 Å². The quantitative estimate of drug-likeness (QED) is 0.602. The number of methoxy groups -OCH3 is 1. The maximum Gasteiger partial charge on any atom is 0.358 e. The summed E-state index contributed by atoms with van der Waals surface area (Å²) in [6.45, 7) is 0. The van der Waals surface area contributed by atoms with E-state index in [2.05, 4.69) is 9.46 Å². The zero-order chi connectivity index (χ0) is 11.0. The van der Waals surface area contributed by atoms with Gasteiger partial charge < -0.3 is 14.6 Å². The molecule has 0 bridgehead atoms. The molecule has 2 rings (SSSR count). The molecule has 0 atom stereocenters. The van der Waals surface area contributed by atoms with Gasteiger partial charge in [-0.3, -0.25) is 0 Å². The number of rotatable bonds is 1. The van der Waals surface area contributed by atoms with Crippen LogP contribution in [-0.4, -0.2) is 18.2 Å². The number of esters is 1. The first-order valence-corrected chi connectivity index (χ1v) is 5.88. The van der Waals surface area contributed by atoms with Gasteiger partial charge in [0, 0.05) is 0 Å². The van der Waals surface area contributed by atoms with Crippen molar-refractivity contribution in [3.63, 3.8) is 0 Å². The summed E-state index contributed by atoms with van der Waals surface area (Å²) >= 11 is 8.25. The van der Waals surface area contributed by atoms with Crippen LogP contribution in [0.1, 0.15) is 4.88 Å². The van der Waals surface area contributed by atoms with Crippen LogP contribution in [0.3, 0.4) is 0 Å². The minimum atomic E-state index is -0.602. The number of ether oxygens (including phenoxy) is 1. The van der Waals surface area contributed by atoms with E-state index in [0.717, 1.165) is 4.90 Å². The highest BCUT2D eigenvalue weighted by Crippen LogP contribution is 2.40. The molecule has 1 aromatic rings. The lowest BCUT2D eigenvalue weighted by Gasteiger charge is -2.15. The van der Waals surface area contributed by atoms with Crippen molar-refractivity contribution in [3.8, 4) is 0 Å². The van der Waals surface area contributed by atoms with Crippen molar-refractivity contribution in [2.75, 3.05) is 7.11 Å². The molecule has 1 aromatic heterocycles. The molecule has 0 aromatic carbocycles. The second kappa shape index (κ2) is 3.96. The van der Waals surface area contributed by atoms with E-state index in [9.17, 15) is 9.90 Å². The van der Waals surface area contributed by atoms with Crippen LogP contribution in [0.15, 0.2) is 16.7 Å². The Morgan fingerprint density at radius 1 is 1.67 bits per heavy atom. The molecule has 0 saturated carbocycles. The Morgan fingerprint density at radius 3 is 3.07 bits per heavy atom. The number of hydrogen-bond acceptors (Lipinski definition) is 6. The third-order valence-electron chi connectivity index (χ3n) is 1.77. The lowest BCUT2D eigenvalue weighted by Crippen LogP contribution is -2.20. The molecule has 2 N–H and O–H groups in total. The van der Waals surface area contributed by atoms with E-state index in [0.29, 0.717) is 9.21 Å². The zero-order valence-corrected chi connectivity index (χ0v) is 9.92. The number of thiophene rings is 1.